The zero-order valence-electron chi connectivity index (χ0n) is 53.6. The number of nitrogens with zero attached hydrogens (tertiary/aromatic N) is 10. The molecule has 0 radical (unpaired) electrons. The van der Waals surface area contributed by atoms with Crippen molar-refractivity contribution in [2.45, 2.75) is 284 Å². The van der Waals surface area contributed by atoms with E-state index in [1.165, 1.54) is 0 Å². The Labute approximate surface area is 482 Å². The lowest BCUT2D eigenvalue weighted by Gasteiger charge is -2.50. The first-order valence-corrected chi connectivity index (χ1v) is 30.6. The number of piperidine rings is 4. The van der Waals surface area contributed by atoms with Gasteiger partial charge in [0.1, 0.15) is 13.1 Å². The quantitative estimate of drug-likeness (QED) is 0.0405. The smallest absolute Gasteiger partial charge is 0.325 e. The van der Waals surface area contributed by atoms with Gasteiger partial charge in [0.2, 0.25) is 35.7 Å². The largest absolute Gasteiger partial charge is 0.464 e. The lowest BCUT2D eigenvalue weighted by Crippen LogP contribution is -2.62. The van der Waals surface area contributed by atoms with Crippen LogP contribution >= 0.6 is 0 Å². The number of carbonyl (C=O) groups is 2. The van der Waals surface area contributed by atoms with E-state index >= 15 is 0 Å². The second kappa shape index (κ2) is 25.6. The molecule has 0 aromatic carbocycles. The van der Waals surface area contributed by atoms with Gasteiger partial charge in [-0.3, -0.25) is 9.59 Å². The first-order valence-electron chi connectivity index (χ1n) is 30.6. The summed E-state index contributed by atoms with van der Waals surface area (Å²) in [7, 11) is 0. The highest BCUT2D eigenvalue weighted by atomic mass is 16.5. The van der Waals surface area contributed by atoms with E-state index in [2.05, 4.69) is 190 Å². The van der Waals surface area contributed by atoms with Crippen LogP contribution < -0.4 is 51.5 Å². The highest BCUT2D eigenvalue weighted by Crippen LogP contribution is 2.38. The van der Waals surface area contributed by atoms with Crippen LogP contribution in [0.2, 0.25) is 0 Å². The molecule has 0 aliphatic carbocycles. The Morgan fingerprint density at radius 1 is 0.388 bits per heavy atom. The van der Waals surface area contributed by atoms with Crippen LogP contribution in [-0.2, 0) is 19.1 Å². The van der Waals surface area contributed by atoms with E-state index in [-0.39, 0.29) is 107 Å². The van der Waals surface area contributed by atoms with Gasteiger partial charge < -0.3 is 61.0 Å². The van der Waals surface area contributed by atoms with Crippen LogP contribution in [0.15, 0.2) is 0 Å². The van der Waals surface area contributed by atoms with Gasteiger partial charge in [0, 0.05) is 94.7 Å². The van der Waals surface area contributed by atoms with Crippen LogP contribution in [0.5, 0.6) is 0 Å². The fourth-order valence-corrected chi connectivity index (χ4v) is 14.9. The maximum atomic E-state index is 13.2. The molecule has 6 heterocycles. The Hall–Kier alpha value is -4.40. The van der Waals surface area contributed by atoms with Crippen LogP contribution in [0, 0.1) is 0 Å². The molecule has 2 aromatic rings. The van der Waals surface area contributed by atoms with Crippen LogP contribution in [0.25, 0.3) is 0 Å². The van der Waals surface area contributed by atoms with Crippen molar-refractivity contribution >= 4 is 47.6 Å². The maximum absolute atomic E-state index is 13.2. The number of aromatic nitrogens is 6. The van der Waals surface area contributed by atoms with Gasteiger partial charge in [-0.2, -0.15) is 29.9 Å². The maximum Gasteiger partial charge on any atom is 0.325 e. The average molecular weight is 1120 g/mol. The highest BCUT2D eigenvalue weighted by molar-refractivity contribution is 5.75. The molecule has 4 aliphatic heterocycles. The van der Waals surface area contributed by atoms with Crippen molar-refractivity contribution < 1.29 is 19.1 Å². The number of rotatable bonds is 25. The number of esters is 2. The standard InChI is InChI=1S/C60H110N16O4/c1-21-73(41-31-53(5,6)69-54(7,8)32-41)49-63-47(64-50(67-49)74(22-2)42-33-55(9,10)70-56(11,12)34-42)61-39-45(77)79-29-27-25-26-28-30-80-46(78)40-62-48-65-51(75(23-3)43-35-57(13,14)71-58(15,16)36-43)68-52(66-48)76(24-4)44-37-59(17,18)72-60(19,20)38-44/h41-44,69-72H,21-40H2,1-20H3,(H,61,63,64,67)(H,62,65,66,68). The molecule has 0 amide bonds. The van der Waals surface area contributed by atoms with Crippen molar-refractivity contribution in [3.8, 4) is 0 Å². The topological polar surface area (TPSA) is 215 Å². The number of hydrogen-bond donors (Lipinski definition) is 6. The number of anilines is 6. The number of ether oxygens (including phenoxy) is 2. The lowest BCUT2D eigenvalue weighted by atomic mass is 9.79. The summed E-state index contributed by atoms with van der Waals surface area (Å²) in [4.78, 5) is 66.1. The van der Waals surface area contributed by atoms with E-state index in [4.69, 9.17) is 39.4 Å². The van der Waals surface area contributed by atoms with E-state index in [0.29, 0.717) is 48.5 Å². The minimum absolute atomic E-state index is 0.0674. The van der Waals surface area contributed by atoms with E-state index in [0.717, 1.165) is 90.4 Å². The molecule has 0 bridgehead atoms. The van der Waals surface area contributed by atoms with Gasteiger partial charge in [-0.15, -0.1) is 0 Å². The summed E-state index contributed by atoms with van der Waals surface area (Å²) in [5.74, 6) is 2.43. The van der Waals surface area contributed by atoms with Gasteiger partial charge in [0.15, 0.2) is 0 Å². The van der Waals surface area contributed by atoms with E-state index in [9.17, 15) is 9.59 Å². The van der Waals surface area contributed by atoms with Crippen LogP contribution in [0.3, 0.4) is 0 Å². The molecular weight excluding hydrogens is 1010 g/mol. The van der Waals surface area contributed by atoms with Crippen molar-refractivity contribution in [3.63, 3.8) is 0 Å². The normalized spacial score (nSPS) is 22.2. The Bertz CT molecular complexity index is 2020. The molecule has 20 nitrogen and oxygen atoms in total. The number of carbonyl (C=O) groups excluding carboxylic acids is 2. The molecule has 2 aromatic heterocycles. The number of hydrogen-bond acceptors (Lipinski definition) is 20. The third kappa shape index (κ3) is 18.6. The minimum Gasteiger partial charge on any atom is -0.464 e. The van der Waals surface area contributed by atoms with Crippen LogP contribution in [-0.4, -0.2) is 163 Å². The Morgan fingerprint density at radius 3 is 0.800 bits per heavy atom. The molecule has 4 fully saturated rings. The predicted molar refractivity (Wildman–Crippen MR) is 326 cm³/mol. The van der Waals surface area contributed by atoms with Gasteiger partial charge in [-0.1, -0.05) is 0 Å². The van der Waals surface area contributed by atoms with Crippen molar-refractivity contribution in [1.29, 1.82) is 0 Å². The van der Waals surface area contributed by atoms with Crippen molar-refractivity contribution in [2.24, 2.45) is 0 Å². The average Bonchev–Trinajstić information content (AvgIpc) is 3.29. The molecule has 6 rings (SSSR count). The summed E-state index contributed by atoms with van der Waals surface area (Å²) in [6.45, 7) is 48.2. The molecule has 4 aliphatic rings. The summed E-state index contributed by atoms with van der Waals surface area (Å²) in [5.41, 5.74) is -0.539. The second-order valence-electron chi connectivity index (χ2n) is 29.0. The Kier molecular flexibility index (Phi) is 20.7. The van der Waals surface area contributed by atoms with E-state index < -0.39 is 0 Å². The van der Waals surface area contributed by atoms with Gasteiger partial charge in [-0.25, -0.2) is 0 Å². The second-order valence-corrected chi connectivity index (χ2v) is 29.0. The molecule has 0 atom stereocenters. The molecular formula is C60H110N16O4. The minimum atomic E-state index is -0.376. The summed E-state index contributed by atoms with van der Waals surface area (Å²) >= 11 is 0. The number of nitrogens with one attached hydrogen (secondary N) is 6. The third-order valence-electron chi connectivity index (χ3n) is 16.4. The van der Waals surface area contributed by atoms with Gasteiger partial charge in [-0.05, 0) is 216 Å². The zero-order valence-corrected chi connectivity index (χ0v) is 53.6. The highest BCUT2D eigenvalue weighted by Gasteiger charge is 2.45. The molecule has 0 saturated carbocycles. The lowest BCUT2D eigenvalue weighted by molar-refractivity contribution is -0.142. The summed E-state index contributed by atoms with van der Waals surface area (Å²) < 4.78 is 11.4. The first kappa shape index (κ1) is 64.8. The van der Waals surface area contributed by atoms with Gasteiger partial charge in [0.05, 0.1) is 13.2 Å². The van der Waals surface area contributed by atoms with Crippen molar-refractivity contribution in [1.82, 2.24) is 51.2 Å². The third-order valence-corrected chi connectivity index (χ3v) is 16.4. The summed E-state index contributed by atoms with van der Waals surface area (Å²) in [6, 6.07) is 0.821. The molecule has 454 valence electrons. The summed E-state index contributed by atoms with van der Waals surface area (Å²) in [6.07, 6.45) is 10.5. The molecule has 0 unspecified atom stereocenters. The molecule has 80 heavy (non-hydrogen) atoms. The zero-order chi connectivity index (χ0) is 59.3. The van der Waals surface area contributed by atoms with Crippen LogP contribution in [0.4, 0.5) is 35.7 Å². The van der Waals surface area contributed by atoms with E-state index in [1.54, 1.807) is 0 Å². The molecule has 4 saturated heterocycles. The molecule has 20 heteroatoms. The summed E-state index contributed by atoms with van der Waals surface area (Å²) in [5, 5.41) is 21.7. The fourth-order valence-electron chi connectivity index (χ4n) is 14.9. The first-order chi connectivity index (χ1) is 37.1. The van der Waals surface area contributed by atoms with Crippen LogP contribution in [0.1, 0.15) is 216 Å². The SMILES string of the molecule is CCN(c1nc(NCC(=O)OCCCCCCOC(=O)CNc2nc(N(CC)C3CC(C)(C)NC(C)(C)C3)nc(N(CC)C3CC(C)(C)NC(C)(C)C3)n2)nc(N(CC)C2CC(C)(C)NC(C)(C)C2)n1)C1CC(C)(C)NC(C)(C)C1. The fraction of sp³-hybridized carbons (Fsp3) is 0.867. The van der Waals surface area contributed by atoms with Crippen molar-refractivity contribution in [3.05, 3.63) is 0 Å². The molecule has 6 N–H and O–H groups in total. The van der Waals surface area contributed by atoms with E-state index in [1.807, 2.05) is 0 Å². The van der Waals surface area contributed by atoms with Crippen molar-refractivity contribution in [2.75, 3.05) is 82.7 Å². The Morgan fingerprint density at radius 2 is 0.600 bits per heavy atom. The monoisotopic (exact) mass is 1120 g/mol. The molecule has 0 spiro atoms. The number of unbranched alkanes of at least 4 members (excludes halogenated alkanes) is 3. The predicted octanol–water partition coefficient (Wildman–Crippen LogP) is 8.77. The Balaban J connectivity index is 1.02. The van der Waals surface area contributed by atoms with Gasteiger partial charge in [0.25, 0.3) is 0 Å². The van der Waals surface area contributed by atoms with Gasteiger partial charge >= 0.3 is 11.9 Å².